The zero-order valence-corrected chi connectivity index (χ0v) is 32.9. The van der Waals surface area contributed by atoms with Gasteiger partial charge in [-0.1, -0.05) is 177 Å². The topological polar surface area (TPSA) is 4.93 Å². The lowest BCUT2D eigenvalue weighted by molar-refractivity contribution is 1.14. The van der Waals surface area contributed by atoms with Gasteiger partial charge in [-0.3, -0.25) is 0 Å². The Balaban J connectivity index is 1.12. The maximum absolute atomic E-state index is 2.41. The van der Waals surface area contributed by atoms with Gasteiger partial charge in [0.2, 0.25) is 0 Å². The third kappa shape index (κ3) is 6.02. The summed E-state index contributed by atoms with van der Waals surface area (Å²) in [5, 5.41) is 7.57. The molecular weight excluding hydrogens is 711 g/mol. The van der Waals surface area contributed by atoms with E-state index in [2.05, 4.69) is 230 Å². The fraction of sp³-hybridized carbons (Fsp3) is 0.0345. The average molecular weight is 752 g/mol. The molecule has 0 bridgehead atoms. The van der Waals surface area contributed by atoms with Crippen molar-refractivity contribution in [1.82, 2.24) is 4.57 Å². The van der Waals surface area contributed by atoms with E-state index < -0.39 is 0 Å². The molecule has 0 aliphatic rings. The Hall–Kier alpha value is -7.48. The SMILES string of the molecule is CCc1ccc2c(c1)c1cc(-c3ccc(-c4c5ccc(-c6ccccc6)cc5c(-c5ccccc5)c5ccc(-c6ccccc6)cc45)cc3)ccc1n2-c1ccccc1. The zero-order chi connectivity index (χ0) is 39.3. The fourth-order valence-corrected chi connectivity index (χ4v) is 9.23. The van der Waals surface area contributed by atoms with Gasteiger partial charge in [0.15, 0.2) is 0 Å². The van der Waals surface area contributed by atoms with Crippen LogP contribution in [0.15, 0.2) is 218 Å². The van der Waals surface area contributed by atoms with Crippen LogP contribution in [0.2, 0.25) is 0 Å². The van der Waals surface area contributed by atoms with Crippen LogP contribution >= 0.6 is 0 Å². The van der Waals surface area contributed by atoms with Crippen molar-refractivity contribution < 1.29 is 0 Å². The second-order valence-corrected chi connectivity index (χ2v) is 15.6. The molecule has 0 aliphatic heterocycles. The van der Waals surface area contributed by atoms with Crippen molar-refractivity contribution in [2.45, 2.75) is 13.3 Å². The number of fused-ring (bicyclic) bond motifs is 5. The van der Waals surface area contributed by atoms with Gasteiger partial charge in [0, 0.05) is 16.5 Å². The van der Waals surface area contributed by atoms with Crippen molar-refractivity contribution in [3.63, 3.8) is 0 Å². The van der Waals surface area contributed by atoms with Crippen LogP contribution in [0, 0.1) is 0 Å². The number of hydrogen-bond donors (Lipinski definition) is 0. The fourth-order valence-electron chi connectivity index (χ4n) is 9.23. The molecule has 0 aliphatic carbocycles. The van der Waals surface area contributed by atoms with Crippen molar-refractivity contribution in [1.29, 1.82) is 0 Å². The van der Waals surface area contributed by atoms with E-state index >= 15 is 0 Å². The monoisotopic (exact) mass is 751 g/mol. The van der Waals surface area contributed by atoms with Crippen molar-refractivity contribution in [3.05, 3.63) is 224 Å². The minimum Gasteiger partial charge on any atom is -0.309 e. The summed E-state index contributed by atoms with van der Waals surface area (Å²) >= 11 is 0. The highest BCUT2D eigenvalue weighted by Gasteiger charge is 2.19. The summed E-state index contributed by atoms with van der Waals surface area (Å²) in [5.41, 5.74) is 17.2. The van der Waals surface area contributed by atoms with E-state index in [1.54, 1.807) is 0 Å². The van der Waals surface area contributed by atoms with Gasteiger partial charge in [0.25, 0.3) is 0 Å². The van der Waals surface area contributed by atoms with Gasteiger partial charge in [-0.2, -0.15) is 0 Å². The quantitative estimate of drug-likeness (QED) is 0.143. The molecule has 0 saturated carbocycles. The number of para-hydroxylation sites is 1. The van der Waals surface area contributed by atoms with Crippen LogP contribution in [0.1, 0.15) is 12.5 Å². The maximum atomic E-state index is 2.41. The first kappa shape index (κ1) is 34.7. The molecule has 0 radical (unpaired) electrons. The van der Waals surface area contributed by atoms with E-state index in [9.17, 15) is 0 Å². The number of aryl methyl sites for hydroxylation is 1. The second kappa shape index (κ2) is 14.5. The van der Waals surface area contributed by atoms with E-state index in [-0.39, 0.29) is 0 Å². The summed E-state index contributed by atoms with van der Waals surface area (Å²) in [4.78, 5) is 0. The zero-order valence-electron chi connectivity index (χ0n) is 32.9. The lowest BCUT2D eigenvalue weighted by Gasteiger charge is -2.20. The van der Waals surface area contributed by atoms with Gasteiger partial charge in [0.05, 0.1) is 11.0 Å². The minimum atomic E-state index is 1.01. The molecule has 278 valence electrons. The number of benzene rings is 10. The Kier molecular flexibility index (Phi) is 8.52. The van der Waals surface area contributed by atoms with Gasteiger partial charge >= 0.3 is 0 Å². The van der Waals surface area contributed by atoms with Crippen LogP contribution in [0.4, 0.5) is 0 Å². The van der Waals surface area contributed by atoms with Crippen LogP contribution in [0.25, 0.3) is 105 Å². The van der Waals surface area contributed by atoms with E-state index in [0.29, 0.717) is 0 Å². The molecule has 59 heavy (non-hydrogen) atoms. The lowest BCUT2D eigenvalue weighted by Crippen LogP contribution is -1.93. The highest BCUT2D eigenvalue weighted by Crippen LogP contribution is 2.46. The first-order chi connectivity index (χ1) is 29.2. The molecular formula is C58H41N. The second-order valence-electron chi connectivity index (χ2n) is 15.6. The number of hydrogen-bond acceptors (Lipinski definition) is 0. The highest BCUT2D eigenvalue weighted by molar-refractivity contribution is 6.22. The molecule has 1 aromatic heterocycles. The Labute approximate surface area is 345 Å². The Morgan fingerprint density at radius 3 is 1.19 bits per heavy atom. The normalized spacial score (nSPS) is 11.5. The van der Waals surface area contributed by atoms with Gasteiger partial charge in [-0.25, -0.2) is 0 Å². The summed E-state index contributed by atoms with van der Waals surface area (Å²) in [7, 11) is 0. The molecule has 0 amide bonds. The predicted molar refractivity (Wildman–Crippen MR) is 252 cm³/mol. The first-order valence-corrected chi connectivity index (χ1v) is 20.6. The van der Waals surface area contributed by atoms with E-state index in [0.717, 1.165) is 6.42 Å². The Morgan fingerprint density at radius 1 is 0.288 bits per heavy atom. The van der Waals surface area contributed by atoms with Crippen molar-refractivity contribution in [2.24, 2.45) is 0 Å². The maximum Gasteiger partial charge on any atom is 0.0541 e. The molecule has 11 rings (SSSR count). The van der Waals surface area contributed by atoms with Crippen molar-refractivity contribution in [3.8, 4) is 61.3 Å². The highest BCUT2D eigenvalue weighted by atomic mass is 15.0. The summed E-state index contributed by atoms with van der Waals surface area (Å²) in [6.07, 6.45) is 1.01. The first-order valence-electron chi connectivity index (χ1n) is 20.6. The van der Waals surface area contributed by atoms with Gasteiger partial charge in [0.1, 0.15) is 0 Å². The third-order valence-corrected chi connectivity index (χ3v) is 12.2. The molecule has 1 nitrogen and oxygen atoms in total. The number of rotatable bonds is 7. The minimum absolute atomic E-state index is 1.01. The molecule has 0 N–H and O–H groups in total. The lowest BCUT2D eigenvalue weighted by atomic mass is 9.83. The molecule has 0 saturated heterocycles. The summed E-state index contributed by atoms with van der Waals surface area (Å²) in [6, 6.07) is 80.4. The molecule has 11 aromatic rings. The van der Waals surface area contributed by atoms with Crippen LogP contribution in [0.3, 0.4) is 0 Å². The number of nitrogens with zero attached hydrogens (tertiary/aromatic N) is 1. The molecule has 0 unspecified atom stereocenters. The number of aromatic nitrogens is 1. The summed E-state index contributed by atoms with van der Waals surface area (Å²) < 4.78 is 2.40. The van der Waals surface area contributed by atoms with Crippen LogP contribution in [-0.2, 0) is 6.42 Å². The molecule has 10 aromatic carbocycles. The predicted octanol–water partition coefficient (Wildman–Crippen LogP) is 16.0. The van der Waals surface area contributed by atoms with Crippen molar-refractivity contribution >= 4 is 43.4 Å². The van der Waals surface area contributed by atoms with Gasteiger partial charge < -0.3 is 4.57 Å². The molecule has 0 spiro atoms. The summed E-state index contributed by atoms with van der Waals surface area (Å²) in [6.45, 7) is 2.23. The van der Waals surface area contributed by atoms with E-state index in [4.69, 9.17) is 0 Å². The van der Waals surface area contributed by atoms with Crippen molar-refractivity contribution in [2.75, 3.05) is 0 Å². The molecule has 1 heterocycles. The molecule has 1 heteroatoms. The van der Waals surface area contributed by atoms with Gasteiger partial charge in [-0.05, 0) is 138 Å². The third-order valence-electron chi connectivity index (χ3n) is 12.2. The van der Waals surface area contributed by atoms with Crippen LogP contribution in [-0.4, -0.2) is 4.57 Å². The smallest absolute Gasteiger partial charge is 0.0541 e. The Morgan fingerprint density at radius 2 is 0.661 bits per heavy atom. The Bertz CT molecular complexity index is 3310. The molecule has 0 atom stereocenters. The largest absolute Gasteiger partial charge is 0.309 e. The van der Waals surface area contributed by atoms with Crippen LogP contribution in [0.5, 0.6) is 0 Å². The van der Waals surface area contributed by atoms with Gasteiger partial charge in [-0.15, -0.1) is 0 Å². The summed E-state index contributed by atoms with van der Waals surface area (Å²) in [5.74, 6) is 0. The van der Waals surface area contributed by atoms with E-state index in [1.807, 2.05) is 0 Å². The van der Waals surface area contributed by atoms with E-state index in [1.165, 1.54) is 110 Å². The standard InChI is InChI=1S/C58H41N/c1-2-39-23-33-55-51(35-39)52-36-47(30-34-56(52)59(55)48-21-13-6-14-22-48)42-24-26-44(27-25-42)58-50-32-29-45(40-15-7-3-8-16-40)37-53(50)57(43-19-11-5-12-20-43)49-31-28-46(38-54(49)58)41-17-9-4-10-18-41/h3-38H,2H2,1H3. The van der Waals surface area contributed by atoms with Crippen LogP contribution < -0.4 is 0 Å². The molecule has 0 fully saturated rings. The average Bonchev–Trinajstić information content (AvgIpc) is 3.64.